The summed E-state index contributed by atoms with van der Waals surface area (Å²) in [5.41, 5.74) is 7.75. The highest BCUT2D eigenvalue weighted by Gasteiger charge is 2.26. The van der Waals surface area contributed by atoms with Gasteiger partial charge in [-0.2, -0.15) is 5.10 Å². The number of rotatable bonds is 8. The highest BCUT2D eigenvalue weighted by molar-refractivity contribution is 5.98. The molecule has 2 aromatic heterocycles. The zero-order valence-corrected chi connectivity index (χ0v) is 22.8. The lowest BCUT2D eigenvalue weighted by molar-refractivity contribution is 0.255. The number of nitrogens with zero attached hydrogens (tertiary/aromatic N) is 5. The van der Waals surface area contributed by atoms with Crippen LogP contribution in [0, 0.1) is 5.92 Å². The number of anilines is 2. The molecular weight excluding hydrogens is 484 g/mol. The summed E-state index contributed by atoms with van der Waals surface area (Å²) in [5, 5.41) is 5.45. The van der Waals surface area contributed by atoms with Crippen molar-refractivity contribution in [3.63, 3.8) is 0 Å². The van der Waals surface area contributed by atoms with Gasteiger partial charge < -0.3 is 19.9 Å². The molecular formula is C28H34N6O4. The van der Waals surface area contributed by atoms with Crippen molar-refractivity contribution in [2.45, 2.75) is 46.6 Å². The van der Waals surface area contributed by atoms with Gasteiger partial charge in [0, 0.05) is 30.2 Å². The lowest BCUT2D eigenvalue weighted by Crippen LogP contribution is -2.33. The minimum absolute atomic E-state index is 0.205. The molecule has 0 saturated carbocycles. The first-order valence-corrected chi connectivity index (χ1v) is 12.3. The van der Waals surface area contributed by atoms with Crippen molar-refractivity contribution in [3.05, 3.63) is 54.5 Å². The molecule has 0 unspecified atom stereocenters. The highest BCUT2D eigenvalue weighted by Crippen LogP contribution is 2.37. The Labute approximate surface area is 222 Å². The minimum atomic E-state index is -0.628. The standard InChI is InChI=1S/C28H34N6O4/c1-17(2)15-33-25(14-24(32-33)28(3,4)5)34(27(29)35)18-9-8-10-19(11-18)38-26-20-12-22(36-6)23(37-7)13-21(20)30-16-31-26/h8-14,16-17H,15H2,1-7H3,(H2,29,35). The van der Waals surface area contributed by atoms with Gasteiger partial charge in [0.05, 0.1) is 36.5 Å². The quantitative estimate of drug-likeness (QED) is 0.313. The molecule has 0 bridgehead atoms. The maximum absolute atomic E-state index is 12.8. The van der Waals surface area contributed by atoms with Crippen molar-refractivity contribution >= 4 is 28.4 Å². The van der Waals surface area contributed by atoms with Crippen molar-refractivity contribution in [3.8, 4) is 23.1 Å². The van der Waals surface area contributed by atoms with Crippen LogP contribution in [0.2, 0.25) is 0 Å². The van der Waals surface area contributed by atoms with E-state index in [1.807, 2.05) is 10.7 Å². The van der Waals surface area contributed by atoms with Gasteiger partial charge in [0.15, 0.2) is 11.5 Å². The van der Waals surface area contributed by atoms with Crippen LogP contribution in [0.4, 0.5) is 16.3 Å². The number of hydrogen-bond acceptors (Lipinski definition) is 7. The average Bonchev–Trinajstić information content (AvgIpc) is 3.26. The third-order valence-electron chi connectivity index (χ3n) is 5.91. The van der Waals surface area contributed by atoms with Crippen molar-refractivity contribution in [1.82, 2.24) is 19.7 Å². The topological polar surface area (TPSA) is 118 Å². The lowest BCUT2D eigenvalue weighted by atomic mass is 9.92. The number of urea groups is 1. The summed E-state index contributed by atoms with van der Waals surface area (Å²) >= 11 is 0. The molecule has 200 valence electrons. The molecule has 0 fully saturated rings. The summed E-state index contributed by atoms with van der Waals surface area (Å²) in [6, 6.07) is 11.9. The van der Waals surface area contributed by atoms with Crippen LogP contribution in [0.5, 0.6) is 23.1 Å². The van der Waals surface area contributed by atoms with E-state index in [0.717, 1.165) is 5.69 Å². The number of primary amides is 1. The zero-order valence-electron chi connectivity index (χ0n) is 22.8. The second kappa shape index (κ2) is 10.6. The number of nitrogens with two attached hydrogens (primary N) is 1. The lowest BCUT2D eigenvalue weighted by Gasteiger charge is -2.22. The summed E-state index contributed by atoms with van der Waals surface area (Å²) in [5.74, 6) is 2.79. The Morgan fingerprint density at radius 3 is 2.39 bits per heavy atom. The Hall–Kier alpha value is -4.34. The number of carbonyl (C=O) groups is 1. The summed E-state index contributed by atoms with van der Waals surface area (Å²) in [7, 11) is 3.13. The van der Waals surface area contributed by atoms with Gasteiger partial charge in [-0.05, 0) is 24.1 Å². The average molecular weight is 519 g/mol. The van der Waals surface area contributed by atoms with Gasteiger partial charge in [-0.1, -0.05) is 40.7 Å². The van der Waals surface area contributed by atoms with Crippen molar-refractivity contribution in [1.29, 1.82) is 0 Å². The Kier molecular flexibility index (Phi) is 7.43. The number of hydrogen-bond donors (Lipinski definition) is 1. The Morgan fingerprint density at radius 1 is 1.05 bits per heavy atom. The molecule has 0 saturated heterocycles. The maximum Gasteiger partial charge on any atom is 0.325 e. The van der Waals surface area contributed by atoms with E-state index in [1.54, 1.807) is 50.6 Å². The Bertz CT molecular complexity index is 1460. The fraction of sp³-hybridized carbons (Fsp3) is 0.357. The molecule has 0 atom stereocenters. The second-order valence-electron chi connectivity index (χ2n) is 10.4. The summed E-state index contributed by atoms with van der Waals surface area (Å²) in [6.07, 6.45) is 1.42. The molecule has 10 nitrogen and oxygen atoms in total. The molecule has 2 N–H and O–H groups in total. The molecule has 0 aliphatic rings. The van der Waals surface area contributed by atoms with E-state index in [-0.39, 0.29) is 5.41 Å². The minimum Gasteiger partial charge on any atom is -0.493 e. The van der Waals surface area contributed by atoms with Gasteiger partial charge in [-0.15, -0.1) is 0 Å². The molecule has 0 spiro atoms. The number of benzene rings is 2. The monoisotopic (exact) mass is 518 g/mol. The molecule has 4 rings (SSSR count). The third kappa shape index (κ3) is 5.49. The Balaban J connectivity index is 1.76. The van der Waals surface area contributed by atoms with Gasteiger partial charge in [0.25, 0.3) is 0 Å². The highest BCUT2D eigenvalue weighted by atomic mass is 16.5. The van der Waals surface area contributed by atoms with Crippen LogP contribution in [-0.4, -0.2) is 40.0 Å². The van der Waals surface area contributed by atoms with E-state index < -0.39 is 6.03 Å². The number of carbonyl (C=O) groups excluding carboxylic acids is 1. The van der Waals surface area contributed by atoms with Crippen LogP contribution in [-0.2, 0) is 12.0 Å². The van der Waals surface area contributed by atoms with Gasteiger partial charge >= 0.3 is 6.03 Å². The van der Waals surface area contributed by atoms with Crippen LogP contribution < -0.4 is 24.8 Å². The number of ether oxygens (including phenoxy) is 3. The molecule has 4 aromatic rings. The third-order valence-corrected chi connectivity index (χ3v) is 5.91. The molecule has 2 aromatic carbocycles. The summed E-state index contributed by atoms with van der Waals surface area (Å²) < 4.78 is 18.8. The van der Waals surface area contributed by atoms with Crippen molar-refractivity contribution in [2.24, 2.45) is 11.7 Å². The number of aromatic nitrogens is 4. The number of fused-ring (bicyclic) bond motifs is 1. The van der Waals surface area contributed by atoms with Crippen LogP contribution in [0.1, 0.15) is 40.3 Å². The number of amides is 2. The van der Waals surface area contributed by atoms with Crippen molar-refractivity contribution in [2.75, 3.05) is 19.1 Å². The first kappa shape index (κ1) is 26.7. The number of methoxy groups -OCH3 is 2. The molecule has 0 aliphatic heterocycles. The van der Waals surface area contributed by atoms with Crippen LogP contribution in [0.3, 0.4) is 0 Å². The largest absolute Gasteiger partial charge is 0.493 e. The Morgan fingerprint density at radius 2 is 1.76 bits per heavy atom. The molecule has 0 aliphatic carbocycles. The fourth-order valence-electron chi connectivity index (χ4n) is 4.04. The van der Waals surface area contributed by atoms with E-state index in [4.69, 9.17) is 25.0 Å². The van der Waals surface area contributed by atoms with Crippen LogP contribution in [0.15, 0.2) is 48.8 Å². The van der Waals surface area contributed by atoms with Crippen molar-refractivity contribution < 1.29 is 19.0 Å². The van der Waals surface area contributed by atoms with Crippen LogP contribution in [0.25, 0.3) is 10.9 Å². The molecule has 0 radical (unpaired) electrons. The smallest absolute Gasteiger partial charge is 0.325 e. The van der Waals surface area contributed by atoms with E-state index in [1.165, 1.54) is 11.2 Å². The molecule has 10 heteroatoms. The van der Waals surface area contributed by atoms with E-state index in [0.29, 0.717) is 58.0 Å². The molecule has 2 heterocycles. The predicted octanol–water partition coefficient (Wildman–Crippen LogP) is 5.81. The summed E-state index contributed by atoms with van der Waals surface area (Å²) in [4.78, 5) is 22.9. The second-order valence-corrected chi connectivity index (χ2v) is 10.4. The first-order valence-electron chi connectivity index (χ1n) is 12.3. The first-order chi connectivity index (χ1) is 18.0. The van der Waals surface area contributed by atoms with E-state index in [2.05, 4.69) is 44.6 Å². The molecule has 2 amide bonds. The zero-order chi connectivity index (χ0) is 27.6. The predicted molar refractivity (Wildman–Crippen MR) is 147 cm³/mol. The van der Waals surface area contributed by atoms with Gasteiger partial charge in [0.1, 0.15) is 17.9 Å². The summed E-state index contributed by atoms with van der Waals surface area (Å²) in [6.45, 7) is 11.1. The van der Waals surface area contributed by atoms with Gasteiger partial charge in [0.2, 0.25) is 5.88 Å². The normalized spacial score (nSPS) is 11.6. The fourth-order valence-corrected chi connectivity index (χ4v) is 4.04. The van der Waals surface area contributed by atoms with Gasteiger partial charge in [-0.25, -0.2) is 24.3 Å². The molecule has 38 heavy (non-hydrogen) atoms. The maximum atomic E-state index is 12.8. The SMILES string of the molecule is COc1cc2ncnc(Oc3cccc(N(C(N)=O)c4cc(C(C)(C)C)nn4CC(C)C)c3)c2cc1OC. The van der Waals surface area contributed by atoms with E-state index in [9.17, 15) is 4.79 Å². The van der Waals surface area contributed by atoms with E-state index >= 15 is 0 Å². The van der Waals surface area contributed by atoms with Gasteiger partial charge in [-0.3, -0.25) is 0 Å². The van der Waals surface area contributed by atoms with Crippen LogP contribution >= 0.6 is 0 Å².